The average Bonchev–Trinajstić information content (AvgIpc) is 3.28. The Morgan fingerprint density at radius 3 is 2.52 bits per heavy atom. The summed E-state index contributed by atoms with van der Waals surface area (Å²) in [5.74, 6) is 0.887. The Labute approximate surface area is 182 Å². The van der Waals surface area contributed by atoms with E-state index in [1.165, 1.54) is 16.2 Å². The van der Waals surface area contributed by atoms with Crippen molar-refractivity contribution in [3.8, 4) is 11.5 Å². The van der Waals surface area contributed by atoms with Crippen LogP contribution in [-0.4, -0.2) is 28.2 Å². The van der Waals surface area contributed by atoms with Gasteiger partial charge in [0.05, 0.1) is 10.2 Å². The van der Waals surface area contributed by atoms with Gasteiger partial charge in [-0.3, -0.25) is 14.5 Å². The van der Waals surface area contributed by atoms with Crippen molar-refractivity contribution in [2.45, 2.75) is 0 Å². The topological polar surface area (TPSA) is 71.5 Å². The van der Waals surface area contributed by atoms with E-state index in [0.29, 0.717) is 22.1 Å². The Bertz CT molecular complexity index is 1300. The van der Waals surface area contributed by atoms with E-state index in [9.17, 15) is 9.59 Å². The maximum atomic E-state index is 12.6. The minimum atomic E-state index is -0.331. The number of amides is 2. The highest BCUT2D eigenvalue weighted by molar-refractivity contribution is 7.22. The van der Waals surface area contributed by atoms with Gasteiger partial charge in [0.2, 0.25) is 5.91 Å². The van der Waals surface area contributed by atoms with Gasteiger partial charge in [-0.05, 0) is 30.3 Å². The number of nitrogens with zero attached hydrogens (tertiary/aromatic N) is 2. The number of benzene rings is 3. The molecule has 3 aromatic carbocycles. The molecule has 152 valence electrons. The molecule has 7 heteroatoms. The van der Waals surface area contributed by atoms with Crippen LogP contribution >= 0.6 is 11.3 Å². The second-order valence-corrected chi connectivity index (χ2v) is 8.03. The fourth-order valence-corrected chi connectivity index (χ4v) is 4.36. The van der Waals surface area contributed by atoms with Crippen LogP contribution in [0.15, 0.2) is 79.4 Å². The molecule has 0 radical (unpaired) electrons. The smallest absolute Gasteiger partial charge is 0.259 e. The zero-order chi connectivity index (χ0) is 21.4. The number of nitrogens with one attached hydrogen (secondary N) is 1. The fourth-order valence-electron chi connectivity index (χ4n) is 3.45. The van der Waals surface area contributed by atoms with Gasteiger partial charge in [-0.25, -0.2) is 4.98 Å². The molecule has 31 heavy (non-hydrogen) atoms. The second kappa shape index (κ2) is 7.70. The van der Waals surface area contributed by atoms with Gasteiger partial charge < -0.3 is 10.1 Å². The van der Waals surface area contributed by atoms with Crippen LogP contribution in [0.3, 0.4) is 0 Å². The van der Waals surface area contributed by atoms with Crippen LogP contribution in [-0.2, 0) is 4.79 Å². The number of carbonyl (C=O) groups excluding carboxylic acids is 2. The van der Waals surface area contributed by atoms with Crippen LogP contribution < -0.4 is 10.1 Å². The minimum absolute atomic E-state index is 0.120. The van der Waals surface area contributed by atoms with Crippen molar-refractivity contribution in [1.29, 1.82) is 0 Å². The standard InChI is InChI=1S/C24H17N3O3S/c1-15-18-9-5-6-10-19(18)23(29)27(15)14-22(28)26-24-25-20-12-11-17(13-21(20)31-24)30-16-7-3-2-4-8-16/h2-13H,1,14H2,(H,25,26,28). The molecule has 0 atom stereocenters. The van der Waals surface area contributed by atoms with Crippen LogP contribution in [0.2, 0.25) is 0 Å². The molecule has 6 nitrogen and oxygen atoms in total. The molecule has 2 heterocycles. The number of aromatic nitrogens is 1. The summed E-state index contributed by atoms with van der Waals surface area (Å²) in [6, 6.07) is 22.3. The van der Waals surface area contributed by atoms with E-state index >= 15 is 0 Å². The Kier molecular flexibility index (Phi) is 4.72. The first-order valence-corrected chi connectivity index (χ1v) is 10.4. The number of hydrogen-bond acceptors (Lipinski definition) is 5. The van der Waals surface area contributed by atoms with Gasteiger partial charge in [-0.1, -0.05) is 54.3 Å². The molecule has 1 N–H and O–H groups in total. The summed E-state index contributed by atoms with van der Waals surface area (Å²) in [4.78, 5) is 31.0. The highest BCUT2D eigenvalue weighted by atomic mass is 32.1. The van der Waals surface area contributed by atoms with E-state index in [1.54, 1.807) is 12.1 Å². The lowest BCUT2D eigenvalue weighted by Crippen LogP contribution is -2.32. The van der Waals surface area contributed by atoms with Crippen molar-refractivity contribution in [3.05, 3.63) is 90.5 Å². The zero-order valence-electron chi connectivity index (χ0n) is 16.4. The van der Waals surface area contributed by atoms with Gasteiger partial charge in [0.15, 0.2) is 5.13 Å². The molecule has 4 aromatic rings. The largest absolute Gasteiger partial charge is 0.457 e. The number of hydrogen-bond donors (Lipinski definition) is 1. The van der Waals surface area contributed by atoms with Gasteiger partial charge in [0, 0.05) is 22.9 Å². The van der Waals surface area contributed by atoms with Crippen LogP contribution in [0.4, 0.5) is 5.13 Å². The maximum absolute atomic E-state index is 12.6. The Hall–Kier alpha value is -3.97. The molecule has 0 saturated heterocycles. The molecule has 0 aliphatic carbocycles. The van der Waals surface area contributed by atoms with Crippen LogP contribution in [0.1, 0.15) is 15.9 Å². The monoisotopic (exact) mass is 427 g/mol. The van der Waals surface area contributed by atoms with Crippen molar-refractivity contribution in [3.63, 3.8) is 0 Å². The normalized spacial score (nSPS) is 12.8. The highest BCUT2D eigenvalue weighted by Crippen LogP contribution is 2.33. The van der Waals surface area contributed by atoms with Crippen molar-refractivity contribution >= 4 is 44.2 Å². The summed E-state index contributed by atoms with van der Waals surface area (Å²) in [5.41, 5.74) is 2.61. The predicted octanol–water partition coefficient (Wildman–Crippen LogP) is 5.15. The molecule has 0 spiro atoms. The van der Waals surface area contributed by atoms with Gasteiger partial charge >= 0.3 is 0 Å². The lowest BCUT2D eigenvalue weighted by Gasteiger charge is -2.16. The van der Waals surface area contributed by atoms with Crippen molar-refractivity contribution in [2.24, 2.45) is 0 Å². The lowest BCUT2D eigenvalue weighted by atomic mass is 10.1. The number of para-hydroxylation sites is 1. The summed E-state index contributed by atoms with van der Waals surface area (Å²) in [6.45, 7) is 3.84. The Morgan fingerprint density at radius 2 is 1.74 bits per heavy atom. The molecule has 2 amide bonds. The molecule has 1 aliphatic rings. The van der Waals surface area contributed by atoms with Gasteiger partial charge in [0.1, 0.15) is 18.0 Å². The van der Waals surface area contributed by atoms with Crippen molar-refractivity contribution in [1.82, 2.24) is 9.88 Å². The fraction of sp³-hybridized carbons (Fsp3) is 0.0417. The molecular weight excluding hydrogens is 410 g/mol. The van der Waals surface area contributed by atoms with E-state index in [2.05, 4.69) is 16.9 Å². The average molecular weight is 427 g/mol. The first kappa shape index (κ1) is 19.0. The van der Waals surface area contributed by atoms with Gasteiger partial charge in [-0.2, -0.15) is 0 Å². The summed E-state index contributed by atoms with van der Waals surface area (Å²) in [5, 5.41) is 3.25. The van der Waals surface area contributed by atoms with Crippen LogP contribution in [0, 0.1) is 0 Å². The molecule has 5 rings (SSSR count). The van der Waals surface area contributed by atoms with Gasteiger partial charge in [0.25, 0.3) is 5.91 Å². The van der Waals surface area contributed by atoms with E-state index in [0.717, 1.165) is 21.5 Å². The highest BCUT2D eigenvalue weighted by Gasteiger charge is 2.32. The summed E-state index contributed by atoms with van der Waals surface area (Å²) in [7, 11) is 0. The van der Waals surface area contributed by atoms with E-state index in [1.807, 2.05) is 60.7 Å². The Balaban J connectivity index is 1.29. The third-order valence-corrected chi connectivity index (χ3v) is 5.86. The summed E-state index contributed by atoms with van der Waals surface area (Å²) < 4.78 is 6.74. The van der Waals surface area contributed by atoms with Crippen LogP contribution in [0.25, 0.3) is 15.9 Å². The molecule has 0 fully saturated rings. The number of fused-ring (bicyclic) bond motifs is 2. The predicted molar refractivity (Wildman–Crippen MR) is 121 cm³/mol. The first-order valence-electron chi connectivity index (χ1n) is 9.62. The molecule has 1 aromatic heterocycles. The zero-order valence-corrected chi connectivity index (χ0v) is 17.2. The molecule has 0 bridgehead atoms. The van der Waals surface area contributed by atoms with E-state index in [-0.39, 0.29) is 18.4 Å². The number of carbonyl (C=O) groups is 2. The minimum Gasteiger partial charge on any atom is -0.457 e. The van der Waals surface area contributed by atoms with Crippen LogP contribution in [0.5, 0.6) is 11.5 Å². The SMILES string of the molecule is C=C1c2ccccc2C(=O)N1CC(=O)Nc1nc2ccc(Oc3ccccc3)cc2s1. The molecular formula is C24H17N3O3S. The van der Waals surface area contributed by atoms with Crippen molar-refractivity contribution in [2.75, 3.05) is 11.9 Å². The number of thiazole rings is 1. The quantitative estimate of drug-likeness (QED) is 0.478. The number of rotatable bonds is 5. The molecule has 0 unspecified atom stereocenters. The lowest BCUT2D eigenvalue weighted by molar-refractivity contribution is -0.116. The summed E-state index contributed by atoms with van der Waals surface area (Å²) >= 11 is 1.35. The molecule has 0 saturated carbocycles. The molecule has 1 aliphatic heterocycles. The third-order valence-electron chi connectivity index (χ3n) is 4.93. The Morgan fingerprint density at radius 1 is 1.00 bits per heavy atom. The van der Waals surface area contributed by atoms with E-state index in [4.69, 9.17) is 4.74 Å². The summed E-state index contributed by atoms with van der Waals surface area (Å²) in [6.07, 6.45) is 0. The van der Waals surface area contributed by atoms with Crippen molar-refractivity contribution < 1.29 is 14.3 Å². The first-order chi connectivity index (χ1) is 15.1. The maximum Gasteiger partial charge on any atom is 0.259 e. The third kappa shape index (κ3) is 3.67. The van der Waals surface area contributed by atoms with E-state index < -0.39 is 0 Å². The second-order valence-electron chi connectivity index (χ2n) is 7.00. The number of anilines is 1. The van der Waals surface area contributed by atoms with Gasteiger partial charge in [-0.15, -0.1) is 0 Å². The number of ether oxygens (including phenoxy) is 1.